The summed E-state index contributed by atoms with van der Waals surface area (Å²) >= 11 is 0. The number of hydrogen-bond donors (Lipinski definition) is 0. The van der Waals surface area contributed by atoms with Crippen molar-refractivity contribution in [2.75, 3.05) is 0 Å². The van der Waals surface area contributed by atoms with Gasteiger partial charge in [-0.1, -0.05) is 0 Å². The maximum absolute atomic E-state index is 0. The van der Waals surface area contributed by atoms with Gasteiger partial charge in [0, 0.05) is 0 Å². The second-order valence-corrected chi connectivity index (χ2v) is 0. The van der Waals surface area contributed by atoms with Crippen LogP contribution in [0.25, 0.3) is 0 Å². The summed E-state index contributed by atoms with van der Waals surface area (Å²) < 4.78 is 0. The molecule has 0 fully saturated rings. The Labute approximate surface area is 116 Å². The molecule has 0 heterocycles. The smallest absolute Gasteiger partial charge is 2.00 e. The molecular formula is H4Al2CaMgO3. The van der Waals surface area contributed by atoms with E-state index in [-0.39, 0.29) is 118 Å². The van der Waals surface area contributed by atoms with Crippen LogP contribution in [-0.4, -0.2) is 95.5 Å². The molecule has 0 bridgehead atoms. The Morgan fingerprint density at radius 2 is 0.714 bits per heavy atom. The molecule has 0 aliphatic heterocycles. The summed E-state index contributed by atoms with van der Waals surface area (Å²) in [4.78, 5) is 0. The van der Waals surface area contributed by atoms with E-state index < -0.39 is 0 Å². The van der Waals surface area contributed by atoms with Gasteiger partial charge in [0.05, 0.1) is 0 Å². The van der Waals surface area contributed by atoms with Gasteiger partial charge in [0.25, 0.3) is 0 Å². The quantitative estimate of drug-likeness (QED) is 0.399. The maximum Gasteiger partial charge on any atom is 3.00 e. The van der Waals surface area contributed by atoms with Crippen LogP contribution in [0.2, 0.25) is 0 Å². The monoisotopic (exact) mass is 170 g/mol. The van der Waals surface area contributed by atoms with Gasteiger partial charge in [-0.25, -0.2) is 0 Å². The molecule has 7 heavy (non-hydrogen) atoms. The zero-order valence-electron chi connectivity index (χ0n) is 7.79. The van der Waals surface area contributed by atoms with Gasteiger partial charge in [-0.15, -0.1) is 0 Å². The normalized spacial score (nSPS) is 0. The van der Waals surface area contributed by atoms with Gasteiger partial charge in [-0.3, -0.25) is 0 Å². The third-order valence-corrected chi connectivity index (χ3v) is 0. The molecule has 0 saturated carbocycles. The van der Waals surface area contributed by atoms with Crippen molar-refractivity contribution >= 4 is 95.5 Å². The Balaban J connectivity index is 0. The average Bonchev–Trinajstić information content (AvgIpc) is 0. The Kier molecular flexibility index (Phi) is 839. The molecule has 0 atom stereocenters. The molecule has 0 aliphatic rings. The minimum Gasteiger partial charge on any atom is -2.00 e. The SMILES string of the molecule is [Al+3].[Al+3].[Ca+2].[H-].[H-].[H-].[H-].[Mg+2].[O-2].[O-2].[O-2]. The molecule has 0 radical (unpaired) electrons. The summed E-state index contributed by atoms with van der Waals surface area (Å²) in [5.41, 5.74) is 0. The van der Waals surface area contributed by atoms with E-state index in [0.29, 0.717) is 0 Å². The van der Waals surface area contributed by atoms with Crippen molar-refractivity contribution in [3.63, 3.8) is 0 Å². The van der Waals surface area contributed by atoms with Crippen molar-refractivity contribution in [3.05, 3.63) is 0 Å². The molecule has 0 aromatic rings. The molecule has 0 aromatic heterocycles. The summed E-state index contributed by atoms with van der Waals surface area (Å²) in [6.45, 7) is 0. The predicted octanol–water partition coefficient (Wildman–Crippen LogP) is -1.43. The summed E-state index contributed by atoms with van der Waals surface area (Å²) in [6.07, 6.45) is 0. The predicted molar refractivity (Wildman–Crippen MR) is 29.5 cm³/mol. The van der Waals surface area contributed by atoms with Crippen LogP contribution in [0.1, 0.15) is 5.71 Å². The maximum atomic E-state index is 0. The molecule has 7 heteroatoms. The van der Waals surface area contributed by atoms with E-state index in [9.17, 15) is 0 Å². The van der Waals surface area contributed by atoms with Crippen molar-refractivity contribution in [2.24, 2.45) is 0 Å². The van der Waals surface area contributed by atoms with E-state index in [0.717, 1.165) is 0 Å². The van der Waals surface area contributed by atoms with Crippen LogP contribution in [-0.2, 0) is 16.4 Å². The number of rotatable bonds is 0. The summed E-state index contributed by atoms with van der Waals surface area (Å²) in [5.74, 6) is 0. The molecule has 0 spiro atoms. The van der Waals surface area contributed by atoms with Gasteiger partial charge in [0.1, 0.15) is 0 Å². The van der Waals surface area contributed by atoms with Gasteiger partial charge >= 0.3 is 95.5 Å². The molecule has 32 valence electrons. The third-order valence-electron chi connectivity index (χ3n) is 0. The Bertz CT molecular complexity index is 23.3. The summed E-state index contributed by atoms with van der Waals surface area (Å²) in [6, 6.07) is 0. The molecule has 0 N–H and O–H groups in total. The first-order valence-corrected chi connectivity index (χ1v) is 0. The average molecular weight is 170 g/mol. The van der Waals surface area contributed by atoms with Gasteiger partial charge in [0.2, 0.25) is 0 Å². The van der Waals surface area contributed by atoms with E-state index in [1.807, 2.05) is 0 Å². The van der Waals surface area contributed by atoms with Crippen molar-refractivity contribution in [3.8, 4) is 0 Å². The largest absolute Gasteiger partial charge is 3.00 e. The summed E-state index contributed by atoms with van der Waals surface area (Å²) in [5, 5.41) is 0. The first-order valence-electron chi connectivity index (χ1n) is 0. The number of hydrogen-bond acceptors (Lipinski definition) is 0. The molecule has 0 aliphatic carbocycles. The fraction of sp³-hybridized carbons (Fsp3) is 0. The van der Waals surface area contributed by atoms with Crippen molar-refractivity contribution in [1.82, 2.24) is 0 Å². The van der Waals surface area contributed by atoms with Crippen LogP contribution < -0.4 is 0 Å². The molecule has 0 saturated heterocycles. The van der Waals surface area contributed by atoms with Gasteiger partial charge < -0.3 is 22.1 Å². The second kappa shape index (κ2) is 64.6. The van der Waals surface area contributed by atoms with Crippen molar-refractivity contribution < 1.29 is 22.1 Å². The first kappa shape index (κ1) is 90.9. The Morgan fingerprint density at radius 3 is 0.714 bits per heavy atom. The molecule has 0 amide bonds. The fourth-order valence-corrected chi connectivity index (χ4v) is 0. The fourth-order valence-electron chi connectivity index (χ4n) is 0. The minimum absolute atomic E-state index is 0. The topological polar surface area (TPSA) is 85.5 Å². The van der Waals surface area contributed by atoms with E-state index in [1.165, 1.54) is 0 Å². The minimum atomic E-state index is 0. The van der Waals surface area contributed by atoms with Crippen molar-refractivity contribution in [1.29, 1.82) is 0 Å². The van der Waals surface area contributed by atoms with Crippen LogP contribution in [0.4, 0.5) is 0 Å². The van der Waals surface area contributed by atoms with E-state index >= 15 is 0 Å². The van der Waals surface area contributed by atoms with Crippen LogP contribution in [0.5, 0.6) is 0 Å². The van der Waals surface area contributed by atoms with E-state index in [2.05, 4.69) is 0 Å². The van der Waals surface area contributed by atoms with Gasteiger partial charge in [0.15, 0.2) is 0 Å². The Morgan fingerprint density at radius 1 is 0.714 bits per heavy atom. The van der Waals surface area contributed by atoms with Gasteiger partial charge in [-0.05, 0) is 0 Å². The molecule has 0 aromatic carbocycles. The molecule has 3 nitrogen and oxygen atoms in total. The van der Waals surface area contributed by atoms with Crippen LogP contribution in [0, 0.1) is 0 Å². The molecule has 0 unspecified atom stereocenters. The molecular weight excluding hydrogens is 166 g/mol. The standard InChI is InChI=1S/2Al.Ca.Mg.3O.4H/q2*+3;2*+2;3*-2;4*-1. The van der Waals surface area contributed by atoms with Crippen LogP contribution in [0.3, 0.4) is 0 Å². The molecule has 0 rings (SSSR count). The summed E-state index contributed by atoms with van der Waals surface area (Å²) in [7, 11) is 0. The first-order chi connectivity index (χ1) is 0. The van der Waals surface area contributed by atoms with Gasteiger partial charge in [-0.2, -0.15) is 0 Å². The van der Waals surface area contributed by atoms with Crippen molar-refractivity contribution in [2.45, 2.75) is 0 Å². The third kappa shape index (κ3) is 49.4. The van der Waals surface area contributed by atoms with E-state index in [1.54, 1.807) is 0 Å². The van der Waals surface area contributed by atoms with Crippen LogP contribution >= 0.6 is 0 Å². The van der Waals surface area contributed by atoms with Crippen LogP contribution in [0.15, 0.2) is 0 Å². The zero-order valence-corrected chi connectivity index (χ0v) is 9.73. The Hall–Kier alpha value is 2.97. The zero-order chi connectivity index (χ0) is 0. The second-order valence-electron chi connectivity index (χ2n) is 0. The van der Waals surface area contributed by atoms with E-state index in [4.69, 9.17) is 0 Å².